The number of furan rings is 1. The van der Waals surface area contributed by atoms with Gasteiger partial charge in [0.25, 0.3) is 0 Å². The van der Waals surface area contributed by atoms with E-state index in [2.05, 4.69) is 10.6 Å². The first-order chi connectivity index (χ1) is 14.2. The van der Waals surface area contributed by atoms with E-state index in [1.165, 1.54) is 0 Å². The highest BCUT2D eigenvalue weighted by atomic mass is 16.5. The maximum Gasteiger partial charge on any atom is 0.239 e. The average Bonchev–Trinajstić information content (AvgIpc) is 3.12. The summed E-state index contributed by atoms with van der Waals surface area (Å²) in [4.78, 5) is 12.1. The molecule has 0 fully saturated rings. The Morgan fingerprint density at radius 1 is 0.966 bits per heavy atom. The molecule has 0 aliphatic heterocycles. The number of rotatable bonds is 8. The van der Waals surface area contributed by atoms with E-state index in [9.17, 15) is 4.79 Å². The Labute approximate surface area is 168 Å². The van der Waals surface area contributed by atoms with E-state index in [1.807, 2.05) is 66.7 Å². The number of hydrogen-bond acceptors (Lipinski definition) is 5. The van der Waals surface area contributed by atoms with Crippen molar-refractivity contribution in [1.82, 2.24) is 5.32 Å². The predicted molar refractivity (Wildman–Crippen MR) is 114 cm³/mol. The number of nitrogens with one attached hydrogen (secondary N) is 2. The molecule has 0 saturated heterocycles. The topological polar surface area (TPSA) is 72.7 Å². The van der Waals surface area contributed by atoms with E-state index in [0.717, 1.165) is 27.7 Å². The zero-order valence-electron chi connectivity index (χ0n) is 16.1. The van der Waals surface area contributed by atoms with Crippen molar-refractivity contribution in [3.63, 3.8) is 0 Å². The van der Waals surface area contributed by atoms with E-state index in [0.29, 0.717) is 24.6 Å². The van der Waals surface area contributed by atoms with Gasteiger partial charge in [-0.3, -0.25) is 4.79 Å². The van der Waals surface area contributed by atoms with Crippen LogP contribution in [0.2, 0.25) is 0 Å². The summed E-state index contributed by atoms with van der Waals surface area (Å²) < 4.78 is 17.0. The molecular weight excluding hydrogens is 368 g/mol. The lowest BCUT2D eigenvalue weighted by molar-refractivity contribution is -0.119. The van der Waals surface area contributed by atoms with Crippen molar-refractivity contribution in [1.29, 1.82) is 0 Å². The first-order valence-electron chi connectivity index (χ1n) is 9.42. The SMILES string of the molecule is COc1cc2c(cc1NCC(=O)NCCOc1ccccc1)oc1ccccc12. The maximum atomic E-state index is 12.1. The molecular formula is C23H22N2O4. The lowest BCUT2D eigenvalue weighted by Gasteiger charge is -2.12. The quantitative estimate of drug-likeness (QED) is 0.441. The highest BCUT2D eigenvalue weighted by Crippen LogP contribution is 2.36. The van der Waals surface area contributed by atoms with Crippen LogP contribution in [0.3, 0.4) is 0 Å². The van der Waals surface area contributed by atoms with Crippen LogP contribution in [-0.2, 0) is 4.79 Å². The Morgan fingerprint density at radius 2 is 1.76 bits per heavy atom. The molecule has 6 nitrogen and oxygen atoms in total. The molecule has 0 atom stereocenters. The molecule has 0 aliphatic rings. The van der Waals surface area contributed by atoms with Crippen molar-refractivity contribution < 1.29 is 18.7 Å². The van der Waals surface area contributed by atoms with Crippen molar-refractivity contribution in [3.05, 3.63) is 66.7 Å². The third-order valence-corrected chi connectivity index (χ3v) is 4.57. The third-order valence-electron chi connectivity index (χ3n) is 4.57. The fourth-order valence-corrected chi connectivity index (χ4v) is 3.17. The molecule has 0 spiro atoms. The predicted octanol–water partition coefficient (Wildman–Crippen LogP) is 4.20. The number of amides is 1. The molecule has 0 bridgehead atoms. The van der Waals surface area contributed by atoms with Crippen molar-refractivity contribution >= 4 is 33.5 Å². The van der Waals surface area contributed by atoms with Crippen LogP contribution < -0.4 is 20.1 Å². The first kappa shape index (κ1) is 18.7. The number of carbonyl (C=O) groups is 1. The zero-order chi connectivity index (χ0) is 20.1. The summed E-state index contributed by atoms with van der Waals surface area (Å²) in [5, 5.41) is 7.96. The fourth-order valence-electron chi connectivity index (χ4n) is 3.17. The van der Waals surface area contributed by atoms with Crippen LogP contribution in [0.25, 0.3) is 21.9 Å². The lowest BCUT2D eigenvalue weighted by atomic mass is 10.1. The van der Waals surface area contributed by atoms with Gasteiger partial charge in [0.15, 0.2) is 0 Å². The minimum atomic E-state index is -0.131. The Balaban J connectivity index is 1.36. The van der Waals surface area contributed by atoms with Crippen LogP contribution in [0.1, 0.15) is 0 Å². The van der Waals surface area contributed by atoms with Crippen LogP contribution in [0.15, 0.2) is 71.1 Å². The maximum absolute atomic E-state index is 12.1. The van der Waals surface area contributed by atoms with Gasteiger partial charge < -0.3 is 24.5 Å². The van der Waals surface area contributed by atoms with Crippen molar-refractivity contribution in [2.24, 2.45) is 0 Å². The highest BCUT2D eigenvalue weighted by Gasteiger charge is 2.12. The normalized spacial score (nSPS) is 10.8. The summed E-state index contributed by atoms with van der Waals surface area (Å²) in [5.74, 6) is 1.31. The van der Waals surface area contributed by atoms with Gasteiger partial charge in [-0.1, -0.05) is 36.4 Å². The van der Waals surface area contributed by atoms with Gasteiger partial charge in [0.05, 0.1) is 25.9 Å². The molecule has 6 heteroatoms. The van der Waals surface area contributed by atoms with E-state index < -0.39 is 0 Å². The van der Waals surface area contributed by atoms with Crippen LogP contribution >= 0.6 is 0 Å². The van der Waals surface area contributed by atoms with Gasteiger partial charge in [0, 0.05) is 16.8 Å². The summed E-state index contributed by atoms with van der Waals surface area (Å²) >= 11 is 0. The van der Waals surface area contributed by atoms with Crippen molar-refractivity contribution in [2.45, 2.75) is 0 Å². The van der Waals surface area contributed by atoms with Crippen LogP contribution in [0, 0.1) is 0 Å². The Hall–Kier alpha value is -3.67. The number of anilines is 1. The summed E-state index contributed by atoms with van der Waals surface area (Å²) in [5.41, 5.74) is 2.26. The zero-order valence-corrected chi connectivity index (χ0v) is 16.1. The second-order valence-electron chi connectivity index (χ2n) is 6.51. The third kappa shape index (κ3) is 4.27. The van der Waals surface area contributed by atoms with E-state index in [4.69, 9.17) is 13.9 Å². The number of carbonyl (C=O) groups excluding carboxylic acids is 1. The van der Waals surface area contributed by atoms with Crippen molar-refractivity contribution in [3.8, 4) is 11.5 Å². The molecule has 4 aromatic rings. The molecule has 0 aliphatic carbocycles. The summed E-state index contributed by atoms with van der Waals surface area (Å²) in [6.07, 6.45) is 0. The standard InChI is InChI=1S/C23H22N2O4/c1-27-22-13-18-17-9-5-6-10-20(17)29-21(18)14-19(22)25-15-23(26)24-11-12-28-16-7-3-2-4-8-16/h2-10,13-14,25H,11-12,15H2,1H3,(H,24,26). The van der Waals surface area contributed by atoms with Gasteiger partial charge in [0.2, 0.25) is 5.91 Å². The number of hydrogen-bond donors (Lipinski definition) is 2. The van der Waals surface area contributed by atoms with E-state index in [1.54, 1.807) is 7.11 Å². The minimum absolute atomic E-state index is 0.118. The van der Waals surface area contributed by atoms with Gasteiger partial charge in [0.1, 0.15) is 29.3 Å². The Bertz CT molecular complexity index is 1120. The number of benzene rings is 3. The summed E-state index contributed by atoms with van der Waals surface area (Å²) in [6.45, 7) is 0.951. The number of fused-ring (bicyclic) bond motifs is 3. The second kappa shape index (κ2) is 8.56. The molecule has 29 heavy (non-hydrogen) atoms. The number of para-hydroxylation sites is 2. The molecule has 1 amide bonds. The smallest absolute Gasteiger partial charge is 0.239 e. The van der Waals surface area contributed by atoms with E-state index >= 15 is 0 Å². The summed E-state index contributed by atoms with van der Waals surface area (Å²) in [7, 11) is 1.61. The first-order valence-corrected chi connectivity index (χ1v) is 9.42. The Kier molecular flexibility index (Phi) is 5.52. The molecule has 2 N–H and O–H groups in total. The van der Waals surface area contributed by atoms with E-state index in [-0.39, 0.29) is 12.5 Å². The molecule has 1 heterocycles. The molecule has 3 aromatic carbocycles. The number of methoxy groups -OCH3 is 1. The molecule has 0 unspecified atom stereocenters. The van der Waals surface area contributed by atoms with Gasteiger partial charge >= 0.3 is 0 Å². The summed E-state index contributed by atoms with van der Waals surface area (Å²) in [6, 6.07) is 21.1. The molecule has 1 aromatic heterocycles. The molecule has 4 rings (SSSR count). The molecule has 148 valence electrons. The Morgan fingerprint density at radius 3 is 2.59 bits per heavy atom. The minimum Gasteiger partial charge on any atom is -0.495 e. The second-order valence-corrected chi connectivity index (χ2v) is 6.51. The monoisotopic (exact) mass is 390 g/mol. The average molecular weight is 390 g/mol. The van der Waals surface area contributed by atoms with Crippen LogP contribution in [0.5, 0.6) is 11.5 Å². The highest BCUT2D eigenvalue weighted by molar-refractivity contribution is 6.06. The van der Waals surface area contributed by atoms with Gasteiger partial charge in [-0.05, 0) is 24.3 Å². The molecule has 0 saturated carbocycles. The number of ether oxygens (including phenoxy) is 2. The van der Waals surface area contributed by atoms with Crippen LogP contribution in [0.4, 0.5) is 5.69 Å². The van der Waals surface area contributed by atoms with Gasteiger partial charge in [-0.25, -0.2) is 0 Å². The molecule has 0 radical (unpaired) electrons. The van der Waals surface area contributed by atoms with Crippen molar-refractivity contribution in [2.75, 3.05) is 32.1 Å². The fraction of sp³-hybridized carbons (Fsp3) is 0.174. The van der Waals surface area contributed by atoms with Gasteiger partial charge in [-0.2, -0.15) is 0 Å². The van der Waals surface area contributed by atoms with Gasteiger partial charge in [-0.15, -0.1) is 0 Å². The lowest BCUT2D eigenvalue weighted by Crippen LogP contribution is -2.33. The van der Waals surface area contributed by atoms with Crippen LogP contribution in [-0.4, -0.2) is 32.7 Å². The largest absolute Gasteiger partial charge is 0.495 e.